The smallest absolute Gasteiger partial charge is 0.300 e. The molecule has 4 rings (SSSR count). The molecule has 3 aromatic carbocycles. The molecule has 1 heterocycles. The maximum absolute atomic E-state index is 13.3. The zero-order valence-corrected chi connectivity index (χ0v) is 20.6. The Bertz CT molecular complexity index is 1330. The number of hydrogen-bond donors (Lipinski definition) is 2. The van der Waals surface area contributed by atoms with E-state index in [4.69, 9.17) is 27.9 Å². The average molecular weight is 512 g/mol. The summed E-state index contributed by atoms with van der Waals surface area (Å²) >= 11 is 12.2. The predicted molar refractivity (Wildman–Crippen MR) is 136 cm³/mol. The van der Waals surface area contributed by atoms with Gasteiger partial charge in [0, 0.05) is 11.3 Å². The lowest BCUT2D eigenvalue weighted by molar-refractivity contribution is -0.132. The molecule has 1 amide bonds. The first-order chi connectivity index (χ1) is 16.7. The summed E-state index contributed by atoms with van der Waals surface area (Å²) in [7, 11) is 0. The molecule has 1 saturated heterocycles. The molecule has 1 aliphatic heterocycles. The minimum atomic E-state index is -0.954. The number of phenolic OH excluding ortho intramolecular Hbond substituents is 1. The molecule has 2 N–H and O–H groups in total. The number of Topliss-reactive ketones (excluding diaryl/α,β-unsaturated/α-hetero) is 1. The molecule has 1 aliphatic rings. The third-order valence-electron chi connectivity index (χ3n) is 5.74. The number of rotatable bonds is 6. The van der Waals surface area contributed by atoms with E-state index in [0.717, 1.165) is 12.0 Å². The van der Waals surface area contributed by atoms with Gasteiger partial charge in [-0.1, -0.05) is 42.3 Å². The molecule has 3 aromatic rings. The minimum Gasteiger partial charge on any atom is -0.508 e. The number of benzene rings is 3. The molecular weight excluding hydrogens is 489 g/mol. The van der Waals surface area contributed by atoms with E-state index in [2.05, 4.69) is 0 Å². The summed E-state index contributed by atoms with van der Waals surface area (Å²) in [6, 6.07) is 14.8. The Morgan fingerprint density at radius 2 is 1.71 bits per heavy atom. The lowest BCUT2D eigenvalue weighted by Gasteiger charge is -2.26. The highest BCUT2D eigenvalue weighted by molar-refractivity contribution is 6.52. The Morgan fingerprint density at radius 3 is 2.34 bits per heavy atom. The number of aromatic hydroxyl groups is 1. The van der Waals surface area contributed by atoms with Gasteiger partial charge in [-0.25, -0.2) is 0 Å². The molecule has 1 fully saturated rings. The number of aliphatic hydroxyl groups is 1. The maximum Gasteiger partial charge on any atom is 0.300 e. The predicted octanol–water partition coefficient (Wildman–Crippen LogP) is 6.42. The van der Waals surface area contributed by atoms with Crippen LogP contribution in [0.15, 0.2) is 66.2 Å². The van der Waals surface area contributed by atoms with Gasteiger partial charge in [0.25, 0.3) is 11.7 Å². The molecule has 35 heavy (non-hydrogen) atoms. The van der Waals surface area contributed by atoms with E-state index in [0.29, 0.717) is 34.2 Å². The molecule has 6 nitrogen and oxygen atoms in total. The van der Waals surface area contributed by atoms with Crippen LogP contribution >= 0.6 is 23.2 Å². The van der Waals surface area contributed by atoms with Crippen molar-refractivity contribution in [3.05, 3.63) is 93.0 Å². The number of halogens is 2. The molecule has 1 unspecified atom stereocenters. The van der Waals surface area contributed by atoms with Crippen molar-refractivity contribution >= 4 is 46.3 Å². The van der Waals surface area contributed by atoms with Crippen molar-refractivity contribution in [1.29, 1.82) is 0 Å². The number of anilines is 1. The Balaban J connectivity index is 1.88. The molecule has 0 bridgehead atoms. The van der Waals surface area contributed by atoms with Crippen LogP contribution in [0.3, 0.4) is 0 Å². The number of amides is 1. The second-order valence-electron chi connectivity index (χ2n) is 8.19. The van der Waals surface area contributed by atoms with Crippen molar-refractivity contribution in [3.8, 4) is 11.5 Å². The van der Waals surface area contributed by atoms with Crippen LogP contribution in [0.1, 0.15) is 36.1 Å². The third kappa shape index (κ3) is 4.72. The van der Waals surface area contributed by atoms with E-state index in [1.807, 2.05) is 13.8 Å². The van der Waals surface area contributed by atoms with Gasteiger partial charge in [-0.2, -0.15) is 0 Å². The number of aliphatic hydroxyl groups excluding tert-OH is 1. The Hall–Kier alpha value is -3.48. The largest absolute Gasteiger partial charge is 0.508 e. The van der Waals surface area contributed by atoms with Crippen LogP contribution in [0.4, 0.5) is 5.69 Å². The SMILES string of the molecule is CCCOc1ccc(/C(O)=C2\C(=O)C(=O)N(c3ccc(Cl)c(Cl)c3)C2c2ccc(O)cc2)cc1C. The topological polar surface area (TPSA) is 87.1 Å². The van der Waals surface area contributed by atoms with Crippen molar-refractivity contribution in [2.45, 2.75) is 26.3 Å². The fraction of sp³-hybridized carbons (Fsp3) is 0.185. The fourth-order valence-electron chi connectivity index (χ4n) is 4.03. The van der Waals surface area contributed by atoms with Crippen molar-refractivity contribution in [2.75, 3.05) is 11.5 Å². The normalized spacial score (nSPS) is 17.1. The molecule has 0 aromatic heterocycles. The quantitative estimate of drug-likeness (QED) is 0.226. The molecule has 0 saturated carbocycles. The molecule has 0 aliphatic carbocycles. The van der Waals surface area contributed by atoms with Crippen LogP contribution < -0.4 is 9.64 Å². The lowest BCUT2D eigenvalue weighted by Crippen LogP contribution is -2.29. The Labute approximate surface area is 213 Å². The van der Waals surface area contributed by atoms with Crippen LogP contribution in [-0.2, 0) is 9.59 Å². The van der Waals surface area contributed by atoms with Gasteiger partial charge in [-0.05, 0) is 73.0 Å². The lowest BCUT2D eigenvalue weighted by atomic mass is 9.94. The molecule has 1 atom stereocenters. The standard InChI is InChI=1S/C27H23Cl2NO5/c1-3-12-35-22-11-6-17(13-15(22)2)25(32)23-24(16-4-8-19(31)9-5-16)30(27(34)26(23)33)18-7-10-20(28)21(29)14-18/h4-11,13-14,24,31-32H,3,12H2,1-2H3/b25-23+. The van der Waals surface area contributed by atoms with Crippen LogP contribution in [0.2, 0.25) is 10.0 Å². The van der Waals surface area contributed by atoms with Gasteiger partial charge in [-0.3, -0.25) is 14.5 Å². The summed E-state index contributed by atoms with van der Waals surface area (Å²) in [5, 5.41) is 21.6. The number of hydrogen-bond acceptors (Lipinski definition) is 5. The molecular formula is C27H23Cl2NO5. The first kappa shape index (κ1) is 24.6. The highest BCUT2D eigenvalue weighted by Gasteiger charge is 2.47. The molecule has 0 radical (unpaired) electrons. The highest BCUT2D eigenvalue weighted by atomic mass is 35.5. The van der Waals surface area contributed by atoms with Crippen LogP contribution in [0.5, 0.6) is 11.5 Å². The van der Waals surface area contributed by atoms with Crippen molar-refractivity contribution < 1.29 is 24.5 Å². The van der Waals surface area contributed by atoms with E-state index < -0.39 is 17.7 Å². The van der Waals surface area contributed by atoms with Crippen molar-refractivity contribution in [3.63, 3.8) is 0 Å². The Kier molecular flexibility index (Phi) is 7.05. The van der Waals surface area contributed by atoms with Gasteiger partial charge in [0.15, 0.2) is 0 Å². The number of phenols is 1. The zero-order valence-electron chi connectivity index (χ0n) is 19.1. The van der Waals surface area contributed by atoms with Gasteiger partial charge in [0.1, 0.15) is 17.3 Å². The molecule has 180 valence electrons. The number of nitrogens with zero attached hydrogens (tertiary/aromatic N) is 1. The first-order valence-corrected chi connectivity index (χ1v) is 11.8. The van der Waals surface area contributed by atoms with Gasteiger partial charge in [0.05, 0.1) is 28.3 Å². The Morgan fingerprint density at radius 1 is 1.00 bits per heavy atom. The minimum absolute atomic E-state index is 0.0264. The first-order valence-electron chi connectivity index (χ1n) is 11.0. The third-order valence-corrected chi connectivity index (χ3v) is 6.48. The molecule has 8 heteroatoms. The summed E-state index contributed by atoms with van der Waals surface area (Å²) in [6.45, 7) is 4.40. The van der Waals surface area contributed by atoms with E-state index in [9.17, 15) is 19.8 Å². The van der Waals surface area contributed by atoms with Gasteiger partial charge < -0.3 is 14.9 Å². The van der Waals surface area contributed by atoms with Gasteiger partial charge in [0.2, 0.25) is 0 Å². The summed E-state index contributed by atoms with van der Waals surface area (Å²) in [4.78, 5) is 27.8. The van der Waals surface area contributed by atoms with Gasteiger partial charge in [-0.15, -0.1) is 0 Å². The zero-order chi connectivity index (χ0) is 25.3. The summed E-state index contributed by atoms with van der Waals surface area (Å²) in [5.74, 6) is -1.26. The summed E-state index contributed by atoms with van der Waals surface area (Å²) in [6.07, 6.45) is 0.853. The highest BCUT2D eigenvalue weighted by Crippen LogP contribution is 2.43. The van der Waals surface area contributed by atoms with Crippen molar-refractivity contribution in [2.24, 2.45) is 0 Å². The second kappa shape index (κ2) is 10.0. The number of carbonyl (C=O) groups excluding carboxylic acids is 2. The number of aryl methyl sites for hydroxylation is 1. The van der Waals surface area contributed by atoms with E-state index in [1.54, 1.807) is 36.4 Å². The van der Waals surface area contributed by atoms with Crippen LogP contribution in [0, 0.1) is 6.92 Å². The van der Waals surface area contributed by atoms with Crippen molar-refractivity contribution in [1.82, 2.24) is 0 Å². The molecule has 0 spiro atoms. The van der Waals surface area contributed by atoms with E-state index in [1.165, 1.54) is 29.2 Å². The fourth-order valence-corrected chi connectivity index (χ4v) is 4.32. The second-order valence-corrected chi connectivity index (χ2v) is 9.00. The van der Waals surface area contributed by atoms with Gasteiger partial charge >= 0.3 is 0 Å². The van der Waals surface area contributed by atoms with Crippen LogP contribution in [-0.4, -0.2) is 28.5 Å². The number of carbonyl (C=O) groups is 2. The summed E-state index contributed by atoms with van der Waals surface area (Å²) in [5.41, 5.74) is 1.95. The monoisotopic (exact) mass is 511 g/mol. The van der Waals surface area contributed by atoms with E-state index >= 15 is 0 Å². The van der Waals surface area contributed by atoms with Crippen LogP contribution in [0.25, 0.3) is 5.76 Å². The maximum atomic E-state index is 13.3. The average Bonchev–Trinajstić information content (AvgIpc) is 3.10. The number of ketones is 1. The summed E-state index contributed by atoms with van der Waals surface area (Å²) < 4.78 is 5.71. The van der Waals surface area contributed by atoms with E-state index in [-0.39, 0.29) is 22.1 Å². The number of ether oxygens (including phenoxy) is 1.